The first-order valence-electron chi connectivity index (χ1n) is 12.9. The van der Waals surface area contributed by atoms with Gasteiger partial charge in [-0.05, 0) is 68.5 Å². The lowest BCUT2D eigenvalue weighted by molar-refractivity contribution is -0.119. The lowest BCUT2D eigenvalue weighted by Gasteiger charge is -2.19. The van der Waals surface area contributed by atoms with E-state index in [0.717, 1.165) is 21.7 Å². The Labute approximate surface area is 237 Å². The van der Waals surface area contributed by atoms with Crippen molar-refractivity contribution in [3.05, 3.63) is 56.2 Å². The number of amides is 2. The topological polar surface area (TPSA) is 128 Å². The molecule has 0 fully saturated rings. The Bertz CT molecular complexity index is 1500. The van der Waals surface area contributed by atoms with Crippen LogP contribution in [-0.2, 0) is 16.0 Å². The molecule has 3 N–H and O–H groups in total. The number of fused-ring (bicyclic) bond motifs is 3. The zero-order chi connectivity index (χ0) is 29.1. The van der Waals surface area contributed by atoms with Crippen molar-refractivity contribution in [1.82, 2.24) is 10.3 Å². The SMILES string of the molecule is COc1cc2c(c(OC)c1OC)-c1ccc(N[C@H](C)C(=O)Nc3nc(C)c(C)s3)c(=O)cc1[C@H](NC(C)=O)CC2. The molecule has 11 heteroatoms. The number of methoxy groups -OCH3 is 3. The van der Waals surface area contributed by atoms with Crippen molar-refractivity contribution in [3.8, 4) is 28.4 Å². The Morgan fingerprint density at radius 1 is 1.07 bits per heavy atom. The monoisotopic (exact) mass is 566 g/mol. The van der Waals surface area contributed by atoms with Gasteiger partial charge in [-0.15, -0.1) is 11.3 Å². The van der Waals surface area contributed by atoms with Gasteiger partial charge < -0.3 is 30.2 Å². The quantitative estimate of drug-likeness (QED) is 0.367. The molecule has 2 amide bonds. The summed E-state index contributed by atoms with van der Waals surface area (Å²) in [7, 11) is 4.65. The summed E-state index contributed by atoms with van der Waals surface area (Å²) in [6.07, 6.45) is 1.15. The largest absolute Gasteiger partial charge is 0.493 e. The normalized spacial score (nSPS) is 14.6. The van der Waals surface area contributed by atoms with Crippen LogP contribution in [0.2, 0.25) is 0 Å². The van der Waals surface area contributed by atoms with Gasteiger partial charge in [-0.25, -0.2) is 4.98 Å². The molecule has 0 saturated heterocycles. The number of aromatic nitrogens is 1. The Kier molecular flexibility index (Phi) is 8.63. The first-order chi connectivity index (χ1) is 19.1. The highest BCUT2D eigenvalue weighted by atomic mass is 32.1. The number of carbonyl (C=O) groups excluding carboxylic acids is 2. The smallest absolute Gasteiger partial charge is 0.248 e. The highest BCUT2D eigenvalue weighted by Crippen LogP contribution is 2.50. The second kappa shape index (κ2) is 12.0. The molecule has 0 unspecified atom stereocenters. The molecule has 0 radical (unpaired) electrons. The fourth-order valence-corrected chi connectivity index (χ4v) is 5.68. The van der Waals surface area contributed by atoms with E-state index in [0.29, 0.717) is 46.3 Å². The number of rotatable bonds is 8. The van der Waals surface area contributed by atoms with E-state index in [1.54, 1.807) is 27.2 Å². The number of hydrogen-bond acceptors (Lipinski definition) is 9. The van der Waals surface area contributed by atoms with E-state index in [9.17, 15) is 14.4 Å². The van der Waals surface area contributed by atoms with Gasteiger partial charge in [0.25, 0.3) is 0 Å². The second-order valence-electron chi connectivity index (χ2n) is 9.61. The van der Waals surface area contributed by atoms with E-state index >= 15 is 0 Å². The molecule has 4 rings (SSSR count). The van der Waals surface area contributed by atoms with E-state index in [1.807, 2.05) is 26.0 Å². The minimum Gasteiger partial charge on any atom is -0.493 e. The molecule has 1 aromatic heterocycles. The van der Waals surface area contributed by atoms with Gasteiger partial charge in [0.1, 0.15) is 6.04 Å². The van der Waals surface area contributed by atoms with Crippen LogP contribution in [0.1, 0.15) is 48.0 Å². The van der Waals surface area contributed by atoms with Gasteiger partial charge >= 0.3 is 0 Å². The molecule has 0 aliphatic heterocycles. The van der Waals surface area contributed by atoms with Crippen LogP contribution in [0.15, 0.2) is 29.1 Å². The first-order valence-corrected chi connectivity index (χ1v) is 13.7. The van der Waals surface area contributed by atoms with Crippen LogP contribution in [0.4, 0.5) is 10.8 Å². The molecule has 1 aliphatic rings. The molecular weight excluding hydrogens is 532 g/mol. The summed E-state index contributed by atoms with van der Waals surface area (Å²) in [6.45, 7) is 6.95. The van der Waals surface area contributed by atoms with Crippen molar-refractivity contribution in [1.29, 1.82) is 0 Å². The summed E-state index contributed by atoms with van der Waals surface area (Å²) in [4.78, 5) is 43.9. The predicted octanol–water partition coefficient (Wildman–Crippen LogP) is 4.38. The second-order valence-corrected chi connectivity index (χ2v) is 10.8. The molecule has 2 aromatic carbocycles. The van der Waals surface area contributed by atoms with Gasteiger partial charge in [0.2, 0.25) is 23.0 Å². The highest BCUT2D eigenvalue weighted by Gasteiger charge is 2.29. The summed E-state index contributed by atoms with van der Waals surface area (Å²) in [5, 5.41) is 9.35. The lowest BCUT2D eigenvalue weighted by atomic mass is 9.95. The molecule has 1 aliphatic carbocycles. The average Bonchev–Trinajstić information content (AvgIpc) is 3.05. The highest BCUT2D eigenvalue weighted by molar-refractivity contribution is 7.15. The molecule has 10 nitrogen and oxygen atoms in total. The van der Waals surface area contributed by atoms with Gasteiger partial charge in [0.05, 0.1) is 38.8 Å². The molecule has 212 valence electrons. The third-order valence-corrected chi connectivity index (χ3v) is 7.93. The third-order valence-electron chi connectivity index (χ3n) is 6.94. The molecule has 0 saturated carbocycles. The molecule has 40 heavy (non-hydrogen) atoms. The van der Waals surface area contributed by atoms with Gasteiger partial charge in [0.15, 0.2) is 16.6 Å². The van der Waals surface area contributed by atoms with E-state index < -0.39 is 12.1 Å². The fraction of sp³-hybridized carbons (Fsp3) is 0.379. The minimum absolute atomic E-state index is 0.209. The van der Waals surface area contributed by atoms with E-state index in [4.69, 9.17) is 14.2 Å². The number of hydrogen-bond donors (Lipinski definition) is 3. The zero-order valence-electron chi connectivity index (χ0n) is 23.7. The standard InChI is InChI=1S/C29H34N4O6S/c1-14-16(3)40-29(31-14)33-28(36)15(2)30-22-11-9-19-20(13-23(22)35)21(32-17(4)34)10-8-18-12-24(37-5)26(38-6)27(39-7)25(18)19/h9,11-13,15,21H,8,10H2,1-7H3,(H,30,35)(H,32,34)(H,31,33,36)/t15-,21-/m1/s1. The van der Waals surface area contributed by atoms with Crippen molar-refractivity contribution in [3.63, 3.8) is 0 Å². The Balaban J connectivity index is 1.80. The van der Waals surface area contributed by atoms with E-state index in [1.165, 1.54) is 31.4 Å². The lowest BCUT2D eigenvalue weighted by Crippen LogP contribution is -2.33. The summed E-state index contributed by atoms with van der Waals surface area (Å²) < 4.78 is 17.0. The number of carbonyl (C=O) groups is 2. The predicted molar refractivity (Wildman–Crippen MR) is 156 cm³/mol. The van der Waals surface area contributed by atoms with Gasteiger partial charge in [-0.3, -0.25) is 14.4 Å². The van der Waals surface area contributed by atoms with E-state index in [2.05, 4.69) is 20.9 Å². The van der Waals surface area contributed by atoms with Crippen molar-refractivity contribution in [2.24, 2.45) is 0 Å². The van der Waals surface area contributed by atoms with Crippen molar-refractivity contribution in [2.45, 2.75) is 52.6 Å². The number of ether oxygens (including phenoxy) is 3. The van der Waals surface area contributed by atoms with Crippen molar-refractivity contribution >= 4 is 34.0 Å². The number of aryl methyl sites for hydroxylation is 3. The van der Waals surface area contributed by atoms with Crippen LogP contribution in [0.5, 0.6) is 17.2 Å². The number of benzene rings is 1. The van der Waals surface area contributed by atoms with Gasteiger partial charge in [-0.1, -0.05) is 6.07 Å². The Morgan fingerprint density at radius 3 is 2.40 bits per heavy atom. The average molecular weight is 567 g/mol. The molecule has 0 bridgehead atoms. The number of nitrogens with one attached hydrogen (secondary N) is 3. The maximum Gasteiger partial charge on any atom is 0.248 e. The number of thiazole rings is 1. The number of anilines is 2. The summed E-state index contributed by atoms with van der Waals surface area (Å²) in [5.74, 6) is 0.894. The zero-order valence-corrected chi connectivity index (χ0v) is 24.5. The maximum absolute atomic E-state index is 13.5. The molecule has 2 atom stereocenters. The van der Waals surface area contributed by atoms with Gasteiger partial charge in [-0.2, -0.15) is 0 Å². The van der Waals surface area contributed by atoms with Crippen LogP contribution in [0, 0.1) is 13.8 Å². The Hall–Kier alpha value is -4.12. The summed E-state index contributed by atoms with van der Waals surface area (Å²) >= 11 is 1.40. The number of nitrogens with zero attached hydrogens (tertiary/aromatic N) is 1. The van der Waals surface area contributed by atoms with Crippen LogP contribution in [-0.4, -0.2) is 44.2 Å². The van der Waals surface area contributed by atoms with Crippen LogP contribution >= 0.6 is 11.3 Å². The third kappa shape index (κ3) is 5.74. The Morgan fingerprint density at radius 2 is 1.80 bits per heavy atom. The molecule has 0 spiro atoms. The summed E-state index contributed by atoms with van der Waals surface area (Å²) in [5.41, 5.74) is 3.81. The van der Waals surface area contributed by atoms with Crippen LogP contribution in [0.3, 0.4) is 0 Å². The van der Waals surface area contributed by atoms with Crippen LogP contribution in [0.25, 0.3) is 11.1 Å². The molecular formula is C29H34N4O6S. The molecule has 3 aromatic rings. The fourth-order valence-electron chi connectivity index (χ4n) is 4.87. The minimum atomic E-state index is -0.725. The molecule has 1 heterocycles. The maximum atomic E-state index is 13.5. The first kappa shape index (κ1) is 28.9. The summed E-state index contributed by atoms with van der Waals surface area (Å²) in [6, 6.07) is 5.73. The van der Waals surface area contributed by atoms with Crippen molar-refractivity contribution in [2.75, 3.05) is 32.0 Å². The van der Waals surface area contributed by atoms with Crippen molar-refractivity contribution < 1.29 is 23.8 Å². The van der Waals surface area contributed by atoms with Crippen LogP contribution < -0.4 is 35.6 Å². The van der Waals surface area contributed by atoms with E-state index in [-0.39, 0.29) is 22.9 Å². The van der Waals surface area contributed by atoms with Gasteiger partial charge in [0, 0.05) is 17.4 Å².